The maximum atomic E-state index is 10.7. The number of nitro benzene ring substituents is 1. The zero-order chi connectivity index (χ0) is 21.8. The summed E-state index contributed by atoms with van der Waals surface area (Å²) in [5.41, 5.74) is 3.85. The Morgan fingerprint density at radius 2 is 1.94 bits per heavy atom. The Bertz CT molecular complexity index is 1310. The fourth-order valence-electron chi connectivity index (χ4n) is 2.91. The van der Waals surface area contributed by atoms with Crippen molar-refractivity contribution in [3.05, 3.63) is 86.9 Å². The molecule has 4 aromatic rings. The molecule has 4 rings (SSSR count). The Hall–Kier alpha value is -3.78. The number of ether oxygens (including phenoxy) is 1. The molecule has 0 aliphatic carbocycles. The molecule has 0 fully saturated rings. The topological polar surface area (TPSA) is 90.8 Å². The van der Waals surface area contributed by atoms with Gasteiger partial charge in [0, 0.05) is 23.9 Å². The van der Waals surface area contributed by atoms with Crippen molar-refractivity contribution in [2.45, 2.75) is 0 Å². The molecule has 3 aromatic carbocycles. The molecule has 0 spiro atoms. The largest absolute Gasteiger partial charge is 0.496 e. The number of rotatable bonds is 6. The van der Waals surface area contributed by atoms with Gasteiger partial charge in [0.1, 0.15) is 11.3 Å². The van der Waals surface area contributed by atoms with Gasteiger partial charge in [-0.2, -0.15) is 0 Å². The van der Waals surface area contributed by atoms with Gasteiger partial charge in [0.15, 0.2) is 5.58 Å². The Labute approximate surface area is 186 Å². The summed E-state index contributed by atoms with van der Waals surface area (Å²) in [5, 5.41) is 10.7. The highest BCUT2D eigenvalue weighted by atomic mass is 79.9. The van der Waals surface area contributed by atoms with E-state index in [0.29, 0.717) is 17.0 Å². The second-order valence-corrected chi connectivity index (χ2v) is 7.36. The van der Waals surface area contributed by atoms with Crippen LogP contribution in [0.3, 0.4) is 0 Å². The van der Waals surface area contributed by atoms with E-state index >= 15 is 0 Å². The van der Waals surface area contributed by atoms with Crippen LogP contribution >= 0.6 is 15.9 Å². The van der Waals surface area contributed by atoms with Crippen LogP contribution in [0.15, 0.2) is 80.6 Å². The van der Waals surface area contributed by atoms with E-state index in [2.05, 4.69) is 25.9 Å². The molecule has 1 heterocycles. The summed E-state index contributed by atoms with van der Waals surface area (Å²) in [6, 6.07) is 17.4. The minimum absolute atomic E-state index is 0.0631. The second kappa shape index (κ2) is 8.93. The van der Waals surface area contributed by atoms with Crippen molar-refractivity contribution in [2.75, 3.05) is 7.11 Å². The van der Waals surface area contributed by atoms with Crippen molar-refractivity contribution in [3.63, 3.8) is 0 Å². The number of halogens is 1. The molecule has 0 N–H and O–H groups in total. The summed E-state index contributed by atoms with van der Waals surface area (Å²) in [5.74, 6) is 1.25. The van der Waals surface area contributed by atoms with Crippen LogP contribution in [0.1, 0.15) is 5.56 Å². The third-order valence-corrected chi connectivity index (χ3v) is 5.09. The smallest absolute Gasteiger partial charge is 0.269 e. The Balaban J connectivity index is 1.50. The number of fused-ring (bicyclic) bond motifs is 1. The number of methoxy groups -OCH3 is 1. The number of allylic oxidation sites excluding steroid dienone is 1. The van der Waals surface area contributed by atoms with Gasteiger partial charge in [-0.3, -0.25) is 15.1 Å². The van der Waals surface area contributed by atoms with Crippen molar-refractivity contribution in [1.29, 1.82) is 0 Å². The lowest BCUT2D eigenvalue weighted by molar-refractivity contribution is -0.384. The van der Waals surface area contributed by atoms with E-state index in [1.54, 1.807) is 31.5 Å². The number of oxazole rings is 1. The first-order valence-electron chi connectivity index (χ1n) is 9.23. The highest BCUT2D eigenvalue weighted by Crippen LogP contribution is 2.32. The summed E-state index contributed by atoms with van der Waals surface area (Å²) in [6.07, 6.45) is 5.25. The molecule has 0 bridgehead atoms. The molecule has 8 heteroatoms. The molecule has 0 amide bonds. The molecule has 0 aliphatic rings. The van der Waals surface area contributed by atoms with Gasteiger partial charge in [-0.25, -0.2) is 4.98 Å². The van der Waals surface area contributed by atoms with Crippen LogP contribution in [0.5, 0.6) is 5.75 Å². The Kier molecular flexibility index (Phi) is 5.90. The van der Waals surface area contributed by atoms with Gasteiger partial charge in [0.2, 0.25) is 5.89 Å². The predicted octanol–water partition coefficient (Wildman–Crippen LogP) is 6.59. The molecule has 0 radical (unpaired) electrons. The summed E-state index contributed by atoms with van der Waals surface area (Å²) < 4.78 is 11.9. The van der Waals surface area contributed by atoms with E-state index in [1.807, 2.05) is 42.5 Å². The fraction of sp³-hybridized carbons (Fsp3) is 0.0435. The average Bonchev–Trinajstić information content (AvgIpc) is 3.20. The molecule has 154 valence electrons. The molecule has 0 aliphatic heterocycles. The standard InChI is InChI=1S/C23H16BrN3O4/c1-30-21-10-6-16(13-19(21)24)23-26-20-14-17(7-11-22(20)31-23)25-12-2-3-15-4-8-18(9-5-15)27(28)29/h2-14H,1H3/b3-2+,25-12?. The van der Waals surface area contributed by atoms with E-state index in [9.17, 15) is 10.1 Å². The van der Waals surface area contributed by atoms with Crippen molar-refractivity contribution >= 4 is 50.7 Å². The minimum atomic E-state index is -0.423. The predicted molar refractivity (Wildman–Crippen MR) is 124 cm³/mol. The second-order valence-electron chi connectivity index (χ2n) is 6.51. The van der Waals surface area contributed by atoms with Gasteiger partial charge in [-0.1, -0.05) is 6.08 Å². The first-order valence-corrected chi connectivity index (χ1v) is 10.0. The number of aromatic nitrogens is 1. The number of non-ortho nitro benzene ring substituents is 1. The van der Waals surface area contributed by atoms with Gasteiger partial charge in [-0.15, -0.1) is 0 Å². The van der Waals surface area contributed by atoms with E-state index < -0.39 is 4.92 Å². The monoisotopic (exact) mass is 477 g/mol. The number of nitrogens with zero attached hydrogens (tertiary/aromatic N) is 3. The lowest BCUT2D eigenvalue weighted by atomic mass is 10.2. The number of hydrogen-bond acceptors (Lipinski definition) is 6. The van der Waals surface area contributed by atoms with Gasteiger partial charge in [0.05, 0.1) is 22.2 Å². The molecule has 1 aromatic heterocycles. The maximum absolute atomic E-state index is 10.7. The van der Waals surface area contributed by atoms with Crippen LogP contribution in [0.4, 0.5) is 11.4 Å². The number of nitro groups is 1. The number of benzene rings is 3. The van der Waals surface area contributed by atoms with Gasteiger partial charge < -0.3 is 9.15 Å². The quantitative estimate of drug-likeness (QED) is 0.177. The normalized spacial score (nSPS) is 11.5. The SMILES string of the molecule is COc1ccc(-c2nc3cc(N=C/C=C/c4ccc([N+](=O)[O-])cc4)ccc3o2)cc1Br. The van der Waals surface area contributed by atoms with Crippen LogP contribution in [0.25, 0.3) is 28.6 Å². The number of aliphatic imine (C=N–C) groups is 1. The molecule has 0 saturated carbocycles. The maximum Gasteiger partial charge on any atom is 0.269 e. The highest BCUT2D eigenvalue weighted by molar-refractivity contribution is 9.10. The van der Waals surface area contributed by atoms with E-state index in [0.717, 1.165) is 27.0 Å². The molecule has 0 saturated heterocycles. The summed E-state index contributed by atoms with van der Waals surface area (Å²) in [7, 11) is 1.61. The molecule has 7 nitrogen and oxygen atoms in total. The molecule has 31 heavy (non-hydrogen) atoms. The van der Waals surface area contributed by atoms with Gasteiger partial charge in [-0.05, 0) is 76.1 Å². The van der Waals surface area contributed by atoms with Gasteiger partial charge in [0.25, 0.3) is 5.69 Å². The molecule has 0 atom stereocenters. The van der Waals surface area contributed by atoms with Crippen molar-refractivity contribution < 1.29 is 14.1 Å². The summed E-state index contributed by atoms with van der Waals surface area (Å²) >= 11 is 3.47. The Morgan fingerprint density at radius 1 is 1.13 bits per heavy atom. The third kappa shape index (κ3) is 4.70. The molecular weight excluding hydrogens is 462 g/mol. The zero-order valence-corrected chi connectivity index (χ0v) is 17.9. The van der Waals surface area contributed by atoms with Crippen molar-refractivity contribution in [2.24, 2.45) is 4.99 Å². The lowest BCUT2D eigenvalue weighted by Crippen LogP contribution is -1.86. The third-order valence-electron chi connectivity index (χ3n) is 4.47. The van der Waals surface area contributed by atoms with Gasteiger partial charge >= 0.3 is 0 Å². The fourth-order valence-corrected chi connectivity index (χ4v) is 3.45. The molecule has 0 unspecified atom stereocenters. The number of hydrogen-bond donors (Lipinski definition) is 0. The van der Waals surface area contributed by atoms with Crippen LogP contribution in [-0.4, -0.2) is 23.2 Å². The van der Waals surface area contributed by atoms with Crippen molar-refractivity contribution in [3.8, 4) is 17.2 Å². The summed E-state index contributed by atoms with van der Waals surface area (Å²) in [6.45, 7) is 0. The first kappa shape index (κ1) is 20.5. The first-order chi connectivity index (χ1) is 15.0. The van der Waals surface area contributed by atoms with Crippen molar-refractivity contribution in [1.82, 2.24) is 4.98 Å². The van der Waals surface area contributed by atoms with Crippen LogP contribution in [-0.2, 0) is 0 Å². The lowest BCUT2D eigenvalue weighted by Gasteiger charge is -2.03. The van der Waals surface area contributed by atoms with Crippen LogP contribution < -0.4 is 4.74 Å². The summed E-state index contributed by atoms with van der Waals surface area (Å²) in [4.78, 5) is 19.2. The van der Waals surface area contributed by atoms with Crippen LogP contribution in [0.2, 0.25) is 0 Å². The highest BCUT2D eigenvalue weighted by Gasteiger charge is 2.11. The van der Waals surface area contributed by atoms with E-state index in [4.69, 9.17) is 9.15 Å². The van der Waals surface area contributed by atoms with E-state index in [-0.39, 0.29) is 5.69 Å². The molecular formula is C23H16BrN3O4. The Morgan fingerprint density at radius 3 is 2.65 bits per heavy atom. The minimum Gasteiger partial charge on any atom is -0.496 e. The van der Waals surface area contributed by atoms with E-state index in [1.165, 1.54) is 12.1 Å². The van der Waals surface area contributed by atoms with Crippen LogP contribution in [0, 0.1) is 10.1 Å². The zero-order valence-electron chi connectivity index (χ0n) is 16.4. The average molecular weight is 478 g/mol.